The third-order valence-electron chi connectivity index (χ3n) is 3.19. The molecule has 0 radical (unpaired) electrons. The number of benzene rings is 1. The van der Waals surface area contributed by atoms with E-state index in [1.165, 1.54) is 0 Å². The second-order valence-corrected chi connectivity index (χ2v) is 5.06. The zero-order valence-electron chi connectivity index (χ0n) is 10.6. The lowest BCUT2D eigenvalue weighted by Gasteiger charge is -2.22. The molecule has 0 aliphatic carbocycles. The van der Waals surface area contributed by atoms with E-state index in [9.17, 15) is 4.79 Å². The molecule has 1 atom stereocenters. The predicted molar refractivity (Wildman–Crippen MR) is 75.1 cm³/mol. The number of hydrazine groups is 1. The summed E-state index contributed by atoms with van der Waals surface area (Å²) in [5, 5.41) is 3.40. The van der Waals surface area contributed by atoms with Gasteiger partial charge in [-0.15, -0.1) is 0 Å². The van der Waals surface area contributed by atoms with Crippen LogP contribution in [0.15, 0.2) is 18.2 Å². The zero-order chi connectivity index (χ0) is 13.7. The minimum atomic E-state index is -0.180. The molecule has 0 bridgehead atoms. The molecule has 0 saturated carbocycles. The molecule has 1 aromatic carbocycles. The number of anilines is 1. The summed E-state index contributed by atoms with van der Waals surface area (Å²) in [5.74, 6) is 5.59. The number of rotatable bonds is 4. The third kappa shape index (κ3) is 3.83. The van der Waals surface area contributed by atoms with Crippen LogP contribution in [0, 0.1) is 5.92 Å². The molecule has 1 unspecified atom stereocenters. The molecule has 1 amide bonds. The number of ether oxygens (including phenoxy) is 1. The van der Waals surface area contributed by atoms with Crippen molar-refractivity contribution in [3.63, 3.8) is 0 Å². The van der Waals surface area contributed by atoms with Crippen LogP contribution in [0.4, 0.5) is 5.69 Å². The predicted octanol–water partition coefficient (Wildman–Crippen LogP) is 1.78. The maximum atomic E-state index is 12.1. The topological polar surface area (TPSA) is 76.4 Å². The van der Waals surface area contributed by atoms with E-state index in [2.05, 4.69) is 10.7 Å². The van der Waals surface area contributed by atoms with Crippen molar-refractivity contribution in [3.05, 3.63) is 28.8 Å². The average molecular weight is 284 g/mol. The normalized spacial score (nSPS) is 18.9. The van der Waals surface area contributed by atoms with E-state index >= 15 is 0 Å². The second kappa shape index (κ2) is 6.75. The maximum Gasteiger partial charge on any atom is 0.253 e. The first-order valence-electron chi connectivity index (χ1n) is 6.33. The van der Waals surface area contributed by atoms with Gasteiger partial charge in [0, 0.05) is 18.2 Å². The molecule has 6 heteroatoms. The Bertz CT molecular complexity index is 448. The largest absolute Gasteiger partial charge is 0.381 e. The summed E-state index contributed by atoms with van der Waals surface area (Å²) < 4.78 is 5.38. The number of halogens is 1. The number of nitrogens with two attached hydrogens (primary N) is 1. The van der Waals surface area contributed by atoms with Crippen LogP contribution in [-0.2, 0) is 4.74 Å². The number of nitrogens with one attached hydrogen (secondary N) is 2. The minimum Gasteiger partial charge on any atom is -0.381 e. The van der Waals surface area contributed by atoms with E-state index in [1.807, 2.05) is 0 Å². The minimum absolute atomic E-state index is 0.180. The van der Waals surface area contributed by atoms with Crippen molar-refractivity contribution in [2.75, 3.05) is 25.2 Å². The molecule has 1 aliphatic rings. The van der Waals surface area contributed by atoms with Gasteiger partial charge in [-0.1, -0.05) is 11.6 Å². The molecule has 2 rings (SSSR count). The van der Waals surface area contributed by atoms with Crippen molar-refractivity contribution in [2.24, 2.45) is 11.8 Å². The molecule has 104 valence electrons. The van der Waals surface area contributed by atoms with E-state index in [-0.39, 0.29) is 5.91 Å². The highest BCUT2D eigenvalue weighted by Crippen LogP contribution is 2.20. The summed E-state index contributed by atoms with van der Waals surface area (Å²) in [6, 6.07) is 4.97. The number of hydrogen-bond acceptors (Lipinski definition) is 4. The van der Waals surface area contributed by atoms with Gasteiger partial charge in [-0.25, -0.2) is 0 Å². The van der Waals surface area contributed by atoms with Crippen molar-refractivity contribution in [1.29, 1.82) is 0 Å². The molecule has 5 nitrogen and oxygen atoms in total. The molecule has 0 aromatic heterocycles. The van der Waals surface area contributed by atoms with E-state index < -0.39 is 0 Å². The molecule has 1 saturated heterocycles. The Hall–Kier alpha value is -1.30. The van der Waals surface area contributed by atoms with Crippen molar-refractivity contribution in [2.45, 2.75) is 12.8 Å². The smallest absolute Gasteiger partial charge is 0.253 e. The summed E-state index contributed by atoms with van der Waals surface area (Å²) in [5.41, 5.74) is 3.51. The maximum absolute atomic E-state index is 12.1. The van der Waals surface area contributed by atoms with Crippen LogP contribution in [0.5, 0.6) is 0 Å². The fourth-order valence-electron chi connectivity index (χ4n) is 2.13. The molecule has 1 heterocycles. The lowest BCUT2D eigenvalue weighted by Crippen LogP contribution is -2.33. The number of hydrogen-bond donors (Lipinski definition) is 3. The van der Waals surface area contributed by atoms with Gasteiger partial charge in [0.15, 0.2) is 0 Å². The monoisotopic (exact) mass is 283 g/mol. The number of carbonyl (C=O) groups excluding carboxylic acids is 1. The first kappa shape index (κ1) is 14.1. The molecule has 19 heavy (non-hydrogen) atoms. The Balaban J connectivity index is 1.97. The molecule has 4 N–H and O–H groups in total. The molecule has 1 aliphatic heterocycles. The lowest BCUT2D eigenvalue weighted by atomic mass is 10.0. The van der Waals surface area contributed by atoms with Crippen LogP contribution in [0.3, 0.4) is 0 Å². The highest BCUT2D eigenvalue weighted by molar-refractivity contribution is 6.31. The summed E-state index contributed by atoms with van der Waals surface area (Å²) in [4.78, 5) is 12.1. The van der Waals surface area contributed by atoms with E-state index in [0.29, 0.717) is 35.3 Å². The van der Waals surface area contributed by atoms with Crippen molar-refractivity contribution in [1.82, 2.24) is 5.32 Å². The number of carbonyl (C=O) groups is 1. The first-order valence-corrected chi connectivity index (χ1v) is 6.70. The van der Waals surface area contributed by atoms with Gasteiger partial charge in [0.1, 0.15) is 0 Å². The quantitative estimate of drug-likeness (QED) is 0.581. The Morgan fingerprint density at radius 3 is 3.05 bits per heavy atom. The summed E-state index contributed by atoms with van der Waals surface area (Å²) in [6.45, 7) is 2.13. The molecule has 1 aromatic rings. The van der Waals surface area contributed by atoms with Gasteiger partial charge >= 0.3 is 0 Å². The fraction of sp³-hybridized carbons (Fsp3) is 0.462. The van der Waals surface area contributed by atoms with Gasteiger partial charge in [0.25, 0.3) is 5.91 Å². The van der Waals surface area contributed by atoms with Crippen molar-refractivity contribution >= 4 is 23.2 Å². The van der Waals surface area contributed by atoms with Crippen LogP contribution in [0.25, 0.3) is 0 Å². The summed E-state index contributed by atoms with van der Waals surface area (Å²) in [6.07, 6.45) is 2.13. The zero-order valence-corrected chi connectivity index (χ0v) is 11.4. The molecule has 1 fully saturated rings. The van der Waals surface area contributed by atoms with Crippen LogP contribution < -0.4 is 16.6 Å². The van der Waals surface area contributed by atoms with Crippen LogP contribution in [0.2, 0.25) is 5.02 Å². The van der Waals surface area contributed by atoms with Gasteiger partial charge in [0.05, 0.1) is 17.9 Å². The fourth-order valence-corrected chi connectivity index (χ4v) is 2.30. The Morgan fingerprint density at radius 1 is 1.53 bits per heavy atom. The Morgan fingerprint density at radius 2 is 2.37 bits per heavy atom. The van der Waals surface area contributed by atoms with Gasteiger partial charge in [-0.3, -0.25) is 10.6 Å². The van der Waals surface area contributed by atoms with Gasteiger partial charge in [-0.2, -0.15) is 0 Å². The Labute approximate surface area is 117 Å². The highest BCUT2D eigenvalue weighted by atomic mass is 35.5. The van der Waals surface area contributed by atoms with Crippen molar-refractivity contribution in [3.8, 4) is 0 Å². The van der Waals surface area contributed by atoms with Gasteiger partial charge < -0.3 is 15.5 Å². The van der Waals surface area contributed by atoms with E-state index in [1.54, 1.807) is 18.2 Å². The van der Waals surface area contributed by atoms with E-state index in [0.717, 1.165) is 19.4 Å². The SMILES string of the molecule is NNc1ccc(Cl)cc1C(=O)NCC1CCCOC1. The van der Waals surface area contributed by atoms with E-state index in [4.69, 9.17) is 22.2 Å². The highest BCUT2D eigenvalue weighted by Gasteiger charge is 2.17. The molecule has 0 spiro atoms. The first-order chi connectivity index (χ1) is 9.20. The number of nitrogen functional groups attached to an aromatic ring is 1. The van der Waals surface area contributed by atoms with Crippen LogP contribution >= 0.6 is 11.6 Å². The van der Waals surface area contributed by atoms with Crippen molar-refractivity contribution < 1.29 is 9.53 Å². The average Bonchev–Trinajstić information content (AvgIpc) is 2.46. The molecular formula is C13H18ClN3O2. The lowest BCUT2D eigenvalue weighted by molar-refractivity contribution is 0.0536. The number of amides is 1. The second-order valence-electron chi connectivity index (χ2n) is 4.63. The summed E-state index contributed by atoms with van der Waals surface area (Å²) >= 11 is 5.90. The Kier molecular flexibility index (Phi) is 5.01. The summed E-state index contributed by atoms with van der Waals surface area (Å²) in [7, 11) is 0. The standard InChI is InChI=1S/C13H18ClN3O2/c14-10-3-4-12(17-15)11(6-10)13(18)16-7-9-2-1-5-19-8-9/h3-4,6,9,17H,1-2,5,7-8,15H2,(H,16,18). The third-order valence-corrected chi connectivity index (χ3v) is 3.42. The van der Waals surface area contributed by atoms with Crippen LogP contribution in [0.1, 0.15) is 23.2 Å². The molecular weight excluding hydrogens is 266 g/mol. The van der Waals surface area contributed by atoms with Gasteiger partial charge in [0.2, 0.25) is 0 Å². The van der Waals surface area contributed by atoms with Crippen LogP contribution in [-0.4, -0.2) is 25.7 Å². The van der Waals surface area contributed by atoms with Gasteiger partial charge in [-0.05, 0) is 37.0 Å².